The first-order valence-electron chi connectivity index (χ1n) is 9.73. The van der Waals surface area contributed by atoms with Gasteiger partial charge in [-0.15, -0.1) is 0 Å². The summed E-state index contributed by atoms with van der Waals surface area (Å²) in [6.45, 7) is 8.37. The number of aliphatic hydroxyl groups is 1. The number of hydrogen-bond donors (Lipinski definition) is 2. The van der Waals surface area contributed by atoms with Gasteiger partial charge in [0.1, 0.15) is 5.57 Å². The lowest BCUT2D eigenvalue weighted by molar-refractivity contribution is -0.135. The van der Waals surface area contributed by atoms with E-state index in [1.807, 2.05) is 6.92 Å². The number of nitrogens with one attached hydrogen (secondary N) is 1. The molecular weight excluding hydrogens is 330 g/mol. The van der Waals surface area contributed by atoms with Crippen LogP contribution < -0.4 is 5.32 Å². The molecule has 142 valence electrons. The highest BCUT2D eigenvalue weighted by Gasteiger charge is 2.56. The monoisotopic (exact) mass is 359 g/mol. The van der Waals surface area contributed by atoms with Crippen LogP contribution in [-0.4, -0.2) is 22.7 Å². The molecule has 2 aliphatic carbocycles. The highest BCUT2D eigenvalue weighted by Crippen LogP contribution is 2.56. The fourth-order valence-electron chi connectivity index (χ4n) is 5.61. The molecular formula is C21H29NO4. The molecule has 5 nitrogen and oxygen atoms in total. The summed E-state index contributed by atoms with van der Waals surface area (Å²) in [7, 11) is 0. The Morgan fingerprint density at radius 1 is 1.31 bits per heavy atom. The molecule has 3 aliphatic rings. The Labute approximate surface area is 154 Å². The lowest BCUT2D eigenvalue weighted by Gasteiger charge is -2.52. The van der Waals surface area contributed by atoms with Gasteiger partial charge in [-0.1, -0.05) is 45.3 Å². The van der Waals surface area contributed by atoms with Crippen molar-refractivity contribution in [1.82, 2.24) is 5.32 Å². The van der Waals surface area contributed by atoms with Gasteiger partial charge in [0, 0.05) is 5.41 Å². The van der Waals surface area contributed by atoms with Crippen molar-refractivity contribution in [3.63, 3.8) is 0 Å². The molecule has 0 aromatic rings. The van der Waals surface area contributed by atoms with Crippen LogP contribution >= 0.6 is 0 Å². The van der Waals surface area contributed by atoms with E-state index in [2.05, 4.69) is 32.2 Å². The fourth-order valence-corrected chi connectivity index (χ4v) is 5.61. The quantitative estimate of drug-likeness (QED) is 0.457. The molecule has 1 saturated carbocycles. The van der Waals surface area contributed by atoms with Crippen LogP contribution in [0.4, 0.5) is 0 Å². The number of amides is 2. The second-order valence-electron chi connectivity index (χ2n) is 8.56. The van der Waals surface area contributed by atoms with Crippen LogP contribution in [0.15, 0.2) is 23.0 Å². The minimum absolute atomic E-state index is 0.0264. The van der Waals surface area contributed by atoms with E-state index in [0.717, 1.165) is 32.1 Å². The summed E-state index contributed by atoms with van der Waals surface area (Å²) in [5, 5.41) is 12.1. The van der Waals surface area contributed by atoms with Crippen LogP contribution in [0.3, 0.4) is 0 Å². The molecule has 3 rings (SSSR count). The SMILES string of the molecule is CCCC1C(C)=CC2CC(C)CCC2C1(C)C(=O)C1=C(O)C(=O)NC1=O. The zero-order valence-electron chi connectivity index (χ0n) is 16.1. The van der Waals surface area contributed by atoms with Crippen LogP contribution in [0, 0.1) is 29.1 Å². The van der Waals surface area contributed by atoms with E-state index < -0.39 is 23.0 Å². The molecule has 1 heterocycles. The van der Waals surface area contributed by atoms with Gasteiger partial charge in [0.25, 0.3) is 11.8 Å². The van der Waals surface area contributed by atoms with Crippen molar-refractivity contribution in [3.05, 3.63) is 23.0 Å². The van der Waals surface area contributed by atoms with E-state index in [-0.39, 0.29) is 23.2 Å². The molecule has 5 unspecified atom stereocenters. The summed E-state index contributed by atoms with van der Waals surface area (Å²) < 4.78 is 0. The number of carbonyl (C=O) groups excluding carboxylic acids is 3. The Balaban J connectivity index is 2.10. The highest BCUT2D eigenvalue weighted by molar-refractivity contribution is 6.32. The standard InChI is InChI=1S/C21H29NO4/c1-5-6-14-12(3)10-13-9-11(2)7-8-15(13)21(14,4)18(24)16-17(23)20(26)22-19(16)25/h10-11,13-15H,5-9H2,1-4H3,(H2,22,23,25,26). The van der Waals surface area contributed by atoms with Gasteiger partial charge in [-0.3, -0.25) is 19.7 Å². The van der Waals surface area contributed by atoms with Crippen molar-refractivity contribution in [2.24, 2.45) is 29.1 Å². The van der Waals surface area contributed by atoms with Crippen LogP contribution in [-0.2, 0) is 14.4 Å². The molecule has 26 heavy (non-hydrogen) atoms. The van der Waals surface area contributed by atoms with E-state index in [0.29, 0.717) is 11.8 Å². The van der Waals surface area contributed by atoms with E-state index >= 15 is 0 Å². The number of imide groups is 1. The molecule has 1 aliphatic heterocycles. The summed E-state index contributed by atoms with van der Waals surface area (Å²) in [4.78, 5) is 37.5. The maximum Gasteiger partial charge on any atom is 0.293 e. The molecule has 5 atom stereocenters. The normalized spacial score (nSPS) is 37.3. The number of Topliss-reactive ketones (excluding diaryl/α,β-unsaturated/α-hetero) is 1. The topological polar surface area (TPSA) is 83.5 Å². The second-order valence-corrected chi connectivity index (χ2v) is 8.56. The number of hydrogen-bond acceptors (Lipinski definition) is 4. The van der Waals surface area contributed by atoms with Crippen molar-refractivity contribution in [1.29, 1.82) is 0 Å². The zero-order chi connectivity index (χ0) is 19.2. The van der Waals surface area contributed by atoms with Crippen molar-refractivity contribution in [3.8, 4) is 0 Å². The Morgan fingerprint density at radius 2 is 2.00 bits per heavy atom. The third kappa shape index (κ3) is 2.72. The summed E-state index contributed by atoms with van der Waals surface area (Å²) in [5.74, 6) is -1.63. The molecule has 0 aromatic carbocycles. The van der Waals surface area contributed by atoms with Gasteiger partial charge in [0.05, 0.1) is 0 Å². The van der Waals surface area contributed by atoms with E-state index in [1.54, 1.807) is 0 Å². The molecule has 0 spiro atoms. The Morgan fingerprint density at radius 3 is 2.58 bits per heavy atom. The van der Waals surface area contributed by atoms with Crippen molar-refractivity contribution in [2.45, 2.75) is 59.8 Å². The molecule has 0 aromatic heterocycles. The summed E-state index contributed by atoms with van der Waals surface area (Å²) >= 11 is 0. The van der Waals surface area contributed by atoms with Gasteiger partial charge in [-0.05, 0) is 49.9 Å². The van der Waals surface area contributed by atoms with E-state index in [9.17, 15) is 19.5 Å². The minimum atomic E-state index is -0.870. The van der Waals surface area contributed by atoms with Gasteiger partial charge >= 0.3 is 0 Å². The number of fused-ring (bicyclic) bond motifs is 1. The molecule has 5 heteroatoms. The molecule has 0 saturated heterocycles. The first-order valence-corrected chi connectivity index (χ1v) is 9.73. The van der Waals surface area contributed by atoms with Crippen molar-refractivity contribution < 1.29 is 19.5 Å². The molecule has 0 radical (unpaired) electrons. The lowest BCUT2D eigenvalue weighted by Crippen LogP contribution is -2.51. The van der Waals surface area contributed by atoms with Gasteiger partial charge in [-0.25, -0.2) is 0 Å². The van der Waals surface area contributed by atoms with Gasteiger partial charge in [-0.2, -0.15) is 0 Å². The lowest BCUT2D eigenvalue weighted by atomic mass is 9.50. The third-order valence-corrected chi connectivity index (χ3v) is 6.88. The maximum atomic E-state index is 13.6. The third-order valence-electron chi connectivity index (χ3n) is 6.88. The predicted molar refractivity (Wildman–Crippen MR) is 98.1 cm³/mol. The highest BCUT2D eigenvalue weighted by atomic mass is 16.3. The number of carbonyl (C=O) groups is 3. The summed E-state index contributed by atoms with van der Waals surface area (Å²) in [5.41, 5.74) is 0.0822. The number of allylic oxidation sites excluding steroid dienone is 2. The molecule has 2 amide bonds. The van der Waals surface area contributed by atoms with Crippen LogP contribution in [0.25, 0.3) is 0 Å². The number of rotatable bonds is 4. The smallest absolute Gasteiger partial charge is 0.293 e. The van der Waals surface area contributed by atoms with E-state index in [4.69, 9.17) is 0 Å². The van der Waals surface area contributed by atoms with Crippen molar-refractivity contribution in [2.75, 3.05) is 0 Å². The van der Waals surface area contributed by atoms with Gasteiger partial charge in [0.2, 0.25) is 0 Å². The maximum absolute atomic E-state index is 13.6. The first kappa shape index (κ1) is 18.9. The van der Waals surface area contributed by atoms with Crippen LogP contribution in [0.1, 0.15) is 59.8 Å². The average molecular weight is 359 g/mol. The minimum Gasteiger partial charge on any atom is -0.502 e. The second kappa shape index (κ2) is 6.67. The van der Waals surface area contributed by atoms with Crippen LogP contribution in [0.5, 0.6) is 0 Å². The largest absolute Gasteiger partial charge is 0.502 e. The van der Waals surface area contributed by atoms with Crippen LogP contribution in [0.2, 0.25) is 0 Å². The Kier molecular flexibility index (Phi) is 4.84. The summed E-state index contributed by atoms with van der Waals surface area (Å²) in [6.07, 6.45) is 7.16. The Bertz CT molecular complexity index is 720. The molecule has 2 N–H and O–H groups in total. The van der Waals surface area contributed by atoms with Gasteiger partial charge in [0.15, 0.2) is 11.5 Å². The number of aliphatic hydroxyl groups excluding tert-OH is 1. The van der Waals surface area contributed by atoms with E-state index in [1.165, 1.54) is 5.57 Å². The van der Waals surface area contributed by atoms with Gasteiger partial charge < -0.3 is 5.11 Å². The fraction of sp³-hybridized carbons (Fsp3) is 0.667. The number of ketones is 1. The average Bonchev–Trinajstić information content (AvgIpc) is 2.82. The first-order chi connectivity index (χ1) is 12.2. The van der Waals surface area contributed by atoms with Crippen molar-refractivity contribution >= 4 is 17.6 Å². The predicted octanol–water partition coefficient (Wildman–Crippen LogP) is 3.46. The summed E-state index contributed by atoms with van der Waals surface area (Å²) in [6, 6.07) is 0. The zero-order valence-corrected chi connectivity index (χ0v) is 16.1. The molecule has 0 bridgehead atoms. The Hall–Kier alpha value is -1.91. The molecule has 1 fully saturated rings.